The molecule has 1 fully saturated rings. The van der Waals surface area contributed by atoms with Crippen molar-refractivity contribution in [3.05, 3.63) is 33.7 Å². The summed E-state index contributed by atoms with van der Waals surface area (Å²) in [5, 5.41) is 6.99. The quantitative estimate of drug-likeness (QED) is 0.379. The van der Waals surface area contributed by atoms with Crippen LogP contribution in [-0.2, 0) is 12.7 Å². The highest BCUT2D eigenvalue weighted by atomic mass is 35.5. The van der Waals surface area contributed by atoms with Gasteiger partial charge in [0.1, 0.15) is 0 Å². The van der Waals surface area contributed by atoms with E-state index in [9.17, 15) is 13.2 Å². The molecule has 146 valence electrons. The molecule has 0 aliphatic carbocycles. The summed E-state index contributed by atoms with van der Waals surface area (Å²) in [4.78, 5) is 7.53. The fourth-order valence-electron chi connectivity index (χ4n) is 3.40. The Labute approximate surface area is 164 Å². The maximum Gasteiger partial charge on any atom is 0.417 e. The Morgan fingerprint density at radius 2 is 2.19 bits per heavy atom. The lowest BCUT2D eigenvalue weighted by Crippen LogP contribution is -2.28. The molecule has 1 aromatic carbocycles. The van der Waals surface area contributed by atoms with E-state index in [-0.39, 0.29) is 5.02 Å². The SMILES string of the molecule is CC[C@@H]1CCCN1Cc1sc(N=NN)nc1-c1ccc(Cl)c(C(F)(F)F)c1. The van der Waals surface area contributed by atoms with E-state index in [2.05, 4.69) is 27.1 Å². The third-order valence-electron chi connectivity index (χ3n) is 4.69. The van der Waals surface area contributed by atoms with Crippen molar-refractivity contribution >= 4 is 28.1 Å². The Morgan fingerprint density at radius 1 is 1.41 bits per heavy atom. The fraction of sp³-hybridized carbons (Fsp3) is 0.471. The lowest BCUT2D eigenvalue weighted by atomic mass is 10.1. The number of nitrogens with zero attached hydrogens (tertiary/aromatic N) is 4. The van der Waals surface area contributed by atoms with Crippen LogP contribution in [0.4, 0.5) is 18.3 Å². The second kappa shape index (κ2) is 8.12. The van der Waals surface area contributed by atoms with Crippen LogP contribution in [-0.4, -0.2) is 22.5 Å². The van der Waals surface area contributed by atoms with Crippen molar-refractivity contribution in [2.45, 2.75) is 44.9 Å². The summed E-state index contributed by atoms with van der Waals surface area (Å²) in [7, 11) is 0. The molecule has 2 N–H and O–H groups in total. The molecule has 0 saturated carbocycles. The second-order valence-electron chi connectivity index (χ2n) is 6.35. The highest BCUT2D eigenvalue weighted by Crippen LogP contribution is 2.40. The van der Waals surface area contributed by atoms with Crippen LogP contribution < -0.4 is 5.84 Å². The Morgan fingerprint density at radius 3 is 2.85 bits per heavy atom. The molecule has 0 radical (unpaired) electrons. The minimum absolute atomic E-state index is 0.318. The molecular weight excluding hydrogens is 399 g/mol. The van der Waals surface area contributed by atoms with Gasteiger partial charge in [-0.2, -0.15) is 13.2 Å². The van der Waals surface area contributed by atoms with E-state index < -0.39 is 11.7 Å². The summed E-state index contributed by atoms with van der Waals surface area (Å²) < 4.78 is 39.7. The molecule has 27 heavy (non-hydrogen) atoms. The number of alkyl halides is 3. The van der Waals surface area contributed by atoms with E-state index in [1.165, 1.54) is 17.4 Å². The van der Waals surface area contributed by atoms with Gasteiger partial charge in [-0.25, -0.2) is 4.98 Å². The molecule has 2 aromatic rings. The number of benzene rings is 1. The van der Waals surface area contributed by atoms with Gasteiger partial charge >= 0.3 is 6.18 Å². The van der Waals surface area contributed by atoms with E-state index >= 15 is 0 Å². The Bertz CT molecular complexity index is 836. The average Bonchev–Trinajstić information content (AvgIpc) is 3.22. The molecule has 1 aliphatic rings. The van der Waals surface area contributed by atoms with Gasteiger partial charge in [0.25, 0.3) is 0 Å². The molecule has 0 amide bonds. The fourth-order valence-corrected chi connectivity index (χ4v) is 4.56. The lowest BCUT2D eigenvalue weighted by Gasteiger charge is -2.22. The number of rotatable bonds is 5. The predicted octanol–water partition coefficient (Wildman–Crippen LogP) is 5.81. The van der Waals surface area contributed by atoms with Crippen LogP contribution in [0.5, 0.6) is 0 Å². The molecule has 0 spiro atoms. The minimum Gasteiger partial charge on any atom is -0.304 e. The molecule has 2 heterocycles. The number of halogens is 4. The number of likely N-dealkylation sites (tertiary alicyclic amines) is 1. The van der Waals surface area contributed by atoms with Crippen molar-refractivity contribution in [3.63, 3.8) is 0 Å². The number of thiazole rings is 1. The molecule has 1 aliphatic heterocycles. The first-order valence-electron chi connectivity index (χ1n) is 8.55. The highest BCUT2D eigenvalue weighted by molar-refractivity contribution is 7.15. The molecular formula is C17H19ClF3N5S. The smallest absolute Gasteiger partial charge is 0.304 e. The zero-order valence-corrected chi connectivity index (χ0v) is 16.2. The van der Waals surface area contributed by atoms with Gasteiger partial charge in [-0.15, -0.1) is 5.11 Å². The van der Waals surface area contributed by atoms with E-state index in [1.54, 1.807) is 6.07 Å². The lowest BCUT2D eigenvalue weighted by molar-refractivity contribution is -0.137. The normalized spacial score (nSPS) is 18.6. The second-order valence-corrected chi connectivity index (χ2v) is 7.82. The van der Waals surface area contributed by atoms with Gasteiger partial charge in [0, 0.05) is 23.0 Å². The maximum atomic E-state index is 13.2. The molecule has 3 rings (SSSR count). The van der Waals surface area contributed by atoms with Gasteiger partial charge in [0.15, 0.2) is 0 Å². The van der Waals surface area contributed by atoms with Crippen molar-refractivity contribution < 1.29 is 13.2 Å². The molecule has 1 atom stereocenters. The summed E-state index contributed by atoms with van der Waals surface area (Å²) >= 11 is 7.03. The van der Waals surface area contributed by atoms with Crippen LogP contribution in [0, 0.1) is 0 Å². The summed E-state index contributed by atoms with van der Waals surface area (Å²) in [5.74, 6) is 5.12. The van der Waals surface area contributed by atoms with Gasteiger partial charge < -0.3 is 5.84 Å². The largest absolute Gasteiger partial charge is 0.417 e. The first kappa shape index (κ1) is 20.0. The van der Waals surface area contributed by atoms with Gasteiger partial charge in [0.2, 0.25) is 5.13 Å². The van der Waals surface area contributed by atoms with Crippen LogP contribution in [0.1, 0.15) is 36.6 Å². The maximum absolute atomic E-state index is 13.2. The molecule has 10 heteroatoms. The molecule has 0 unspecified atom stereocenters. The van der Waals surface area contributed by atoms with Crippen LogP contribution in [0.15, 0.2) is 28.5 Å². The van der Waals surface area contributed by atoms with Gasteiger partial charge in [-0.05, 0) is 37.9 Å². The van der Waals surface area contributed by atoms with Crippen LogP contribution >= 0.6 is 22.9 Å². The topological polar surface area (TPSA) is 66.9 Å². The van der Waals surface area contributed by atoms with Gasteiger partial charge in [-0.3, -0.25) is 4.90 Å². The average molecular weight is 418 g/mol. The summed E-state index contributed by atoms with van der Waals surface area (Å²) in [6.07, 6.45) is -1.27. The number of hydrogen-bond donors (Lipinski definition) is 1. The number of hydrogen-bond acceptors (Lipinski definition) is 5. The van der Waals surface area contributed by atoms with Crippen LogP contribution in [0.25, 0.3) is 11.3 Å². The molecule has 1 aromatic heterocycles. The zero-order chi connectivity index (χ0) is 19.6. The van der Waals surface area contributed by atoms with Crippen molar-refractivity contribution in [3.8, 4) is 11.3 Å². The van der Waals surface area contributed by atoms with Gasteiger partial charge in [0.05, 0.1) is 16.3 Å². The monoisotopic (exact) mass is 417 g/mol. The Kier molecular flexibility index (Phi) is 6.02. The van der Waals surface area contributed by atoms with Crippen LogP contribution in [0.2, 0.25) is 5.02 Å². The third-order valence-corrected chi connectivity index (χ3v) is 5.95. The van der Waals surface area contributed by atoms with Crippen molar-refractivity contribution in [1.82, 2.24) is 9.88 Å². The third kappa shape index (κ3) is 4.41. The van der Waals surface area contributed by atoms with Crippen molar-refractivity contribution in [2.24, 2.45) is 16.2 Å². The molecule has 1 saturated heterocycles. The summed E-state index contributed by atoms with van der Waals surface area (Å²) in [6.45, 7) is 3.70. The first-order valence-corrected chi connectivity index (χ1v) is 9.74. The highest BCUT2D eigenvalue weighted by Gasteiger charge is 2.34. The van der Waals surface area contributed by atoms with E-state index in [0.717, 1.165) is 36.8 Å². The van der Waals surface area contributed by atoms with E-state index in [0.29, 0.717) is 29.0 Å². The van der Waals surface area contributed by atoms with Gasteiger partial charge in [-0.1, -0.05) is 41.2 Å². The zero-order valence-electron chi connectivity index (χ0n) is 14.6. The van der Waals surface area contributed by atoms with E-state index in [4.69, 9.17) is 17.4 Å². The minimum atomic E-state index is -4.54. The first-order chi connectivity index (χ1) is 12.8. The Hall–Kier alpha value is -1.71. The number of nitrogens with two attached hydrogens (primary N) is 1. The standard InChI is InChI=1S/C17H19ClF3N5S/c1-2-11-4-3-7-26(11)9-14-15(23-16(27-14)24-25-22)10-5-6-13(18)12(8-10)17(19,20)21/h5-6,8,11H,2-4,7,9H2,1H3,(H2,22,23,24)/t11-/m1/s1. The molecule has 5 nitrogen and oxygen atoms in total. The van der Waals surface area contributed by atoms with E-state index in [1.807, 2.05) is 0 Å². The Balaban J connectivity index is 2.02. The summed E-state index contributed by atoms with van der Waals surface area (Å²) in [5.41, 5.74) is -0.0646. The van der Waals surface area contributed by atoms with Crippen molar-refractivity contribution in [1.29, 1.82) is 0 Å². The molecule has 0 bridgehead atoms. The number of aromatic nitrogens is 1. The summed E-state index contributed by atoms with van der Waals surface area (Å²) in [6, 6.07) is 4.29. The predicted molar refractivity (Wildman–Crippen MR) is 100.0 cm³/mol. The van der Waals surface area contributed by atoms with Crippen LogP contribution in [0.3, 0.4) is 0 Å². The van der Waals surface area contributed by atoms with Crippen molar-refractivity contribution in [2.75, 3.05) is 6.54 Å².